The van der Waals surface area contributed by atoms with Gasteiger partial charge in [0.15, 0.2) is 0 Å². The van der Waals surface area contributed by atoms with Crippen molar-refractivity contribution < 1.29 is 22.1 Å². The summed E-state index contributed by atoms with van der Waals surface area (Å²) in [6.07, 6.45) is 0. The number of ether oxygens (including phenoxy) is 1. The Morgan fingerprint density at radius 3 is 2.09 bits per heavy atom. The predicted octanol–water partition coefficient (Wildman–Crippen LogP) is 3.25. The number of hydrogen-bond donors (Lipinski definition) is 0. The van der Waals surface area contributed by atoms with Crippen molar-refractivity contribution in [2.24, 2.45) is 0 Å². The van der Waals surface area contributed by atoms with Crippen LogP contribution in [0.4, 0.5) is 0 Å². The summed E-state index contributed by atoms with van der Waals surface area (Å²) in [5.74, 6) is -0.233. The van der Waals surface area contributed by atoms with Crippen LogP contribution in [0.3, 0.4) is 0 Å². The summed E-state index contributed by atoms with van der Waals surface area (Å²) in [5.41, 5.74) is 2.11. The lowest BCUT2D eigenvalue weighted by Crippen LogP contribution is -2.11. The highest BCUT2D eigenvalue weighted by molar-refractivity contribution is 7.87. The summed E-state index contributed by atoms with van der Waals surface area (Å²) in [4.78, 5) is 11.5. The third kappa shape index (κ3) is 4.32. The van der Waals surface area contributed by atoms with E-state index in [9.17, 15) is 13.2 Å². The van der Waals surface area contributed by atoms with E-state index in [0.717, 1.165) is 11.1 Å². The lowest BCUT2D eigenvalue weighted by atomic mass is 10.1. The molecule has 0 amide bonds. The molecule has 2 rings (SSSR count). The van der Waals surface area contributed by atoms with Crippen molar-refractivity contribution in [1.82, 2.24) is 0 Å². The second-order valence-electron chi connectivity index (χ2n) is 5.11. The van der Waals surface area contributed by atoms with Crippen molar-refractivity contribution in [3.8, 4) is 5.75 Å². The number of rotatable bonds is 5. The van der Waals surface area contributed by atoms with Gasteiger partial charge in [-0.2, -0.15) is 8.42 Å². The van der Waals surface area contributed by atoms with Crippen molar-refractivity contribution >= 4 is 16.1 Å². The SMILES string of the molecule is CCOC(=O)c1ccc(S(=O)(=O)Oc2cc(C)cc(C)c2)cc1. The minimum Gasteiger partial charge on any atom is -0.462 e. The first kappa shape index (κ1) is 17.0. The Morgan fingerprint density at radius 1 is 1.00 bits per heavy atom. The molecule has 2 aromatic carbocycles. The highest BCUT2D eigenvalue weighted by Crippen LogP contribution is 2.22. The molecular weight excluding hydrogens is 316 g/mol. The summed E-state index contributed by atoms with van der Waals surface area (Å²) in [5, 5.41) is 0. The quantitative estimate of drug-likeness (QED) is 0.620. The van der Waals surface area contributed by atoms with Gasteiger partial charge in [-0.25, -0.2) is 4.79 Å². The van der Waals surface area contributed by atoms with Crippen LogP contribution < -0.4 is 4.18 Å². The summed E-state index contributed by atoms with van der Waals surface area (Å²) in [6, 6.07) is 10.7. The van der Waals surface area contributed by atoms with E-state index in [2.05, 4.69) is 0 Å². The molecule has 0 unspecified atom stereocenters. The standard InChI is InChI=1S/C17H18O5S/c1-4-21-17(18)14-5-7-16(8-6-14)23(19,20)22-15-10-12(2)9-13(3)11-15/h5-11H,4H2,1-3H3. The monoisotopic (exact) mass is 334 g/mol. The fraction of sp³-hybridized carbons (Fsp3) is 0.235. The minimum absolute atomic E-state index is 0.0234. The van der Waals surface area contributed by atoms with Gasteiger partial charge in [-0.1, -0.05) is 6.07 Å². The maximum atomic E-state index is 12.3. The zero-order valence-corrected chi connectivity index (χ0v) is 14.0. The van der Waals surface area contributed by atoms with Gasteiger partial charge in [-0.05, 0) is 68.3 Å². The molecule has 0 saturated carbocycles. The Labute approximate surface area is 136 Å². The van der Waals surface area contributed by atoms with Crippen molar-refractivity contribution in [3.05, 3.63) is 59.2 Å². The van der Waals surface area contributed by atoms with Gasteiger partial charge in [0.1, 0.15) is 10.6 Å². The van der Waals surface area contributed by atoms with E-state index in [4.69, 9.17) is 8.92 Å². The van der Waals surface area contributed by atoms with Gasteiger partial charge in [0.05, 0.1) is 12.2 Å². The van der Waals surface area contributed by atoms with Crippen LogP contribution in [0.15, 0.2) is 47.4 Å². The largest absolute Gasteiger partial charge is 0.462 e. The molecule has 0 aliphatic heterocycles. The zero-order chi connectivity index (χ0) is 17.0. The molecule has 2 aromatic rings. The number of carbonyl (C=O) groups excluding carboxylic acids is 1. The van der Waals surface area contributed by atoms with E-state index >= 15 is 0 Å². The van der Waals surface area contributed by atoms with Crippen molar-refractivity contribution in [2.45, 2.75) is 25.7 Å². The molecule has 0 aromatic heterocycles. The Bertz CT molecular complexity index is 787. The van der Waals surface area contributed by atoms with Gasteiger partial charge >= 0.3 is 16.1 Å². The summed E-state index contributed by atoms with van der Waals surface area (Å²) in [6.45, 7) is 5.68. The molecule has 0 spiro atoms. The van der Waals surface area contributed by atoms with Crippen LogP contribution in [0, 0.1) is 13.8 Å². The number of hydrogen-bond acceptors (Lipinski definition) is 5. The van der Waals surface area contributed by atoms with E-state index in [1.165, 1.54) is 24.3 Å². The van der Waals surface area contributed by atoms with Gasteiger partial charge in [0.2, 0.25) is 0 Å². The molecule has 0 aliphatic carbocycles. The highest BCUT2D eigenvalue weighted by Gasteiger charge is 2.18. The molecule has 0 saturated heterocycles. The molecule has 5 nitrogen and oxygen atoms in total. The van der Waals surface area contributed by atoms with Crippen molar-refractivity contribution in [3.63, 3.8) is 0 Å². The third-order valence-electron chi connectivity index (χ3n) is 3.06. The molecule has 0 aliphatic rings. The first-order valence-electron chi connectivity index (χ1n) is 7.12. The minimum atomic E-state index is -3.95. The molecule has 0 heterocycles. The third-order valence-corrected chi connectivity index (χ3v) is 4.32. The average Bonchev–Trinajstić information content (AvgIpc) is 2.46. The van der Waals surface area contributed by atoms with Crippen LogP contribution in [0.25, 0.3) is 0 Å². The van der Waals surface area contributed by atoms with Crippen molar-refractivity contribution in [1.29, 1.82) is 0 Å². The number of aryl methyl sites for hydroxylation is 2. The van der Waals surface area contributed by atoms with E-state index in [0.29, 0.717) is 0 Å². The number of esters is 1. The van der Waals surface area contributed by atoms with Crippen LogP contribution in [0.1, 0.15) is 28.4 Å². The first-order valence-corrected chi connectivity index (χ1v) is 8.52. The van der Waals surface area contributed by atoms with Crippen LogP contribution in [0.2, 0.25) is 0 Å². The van der Waals surface area contributed by atoms with Gasteiger partial charge in [0, 0.05) is 0 Å². The molecule has 0 fully saturated rings. The molecule has 23 heavy (non-hydrogen) atoms. The van der Waals surface area contributed by atoms with Gasteiger partial charge in [0.25, 0.3) is 0 Å². The maximum absolute atomic E-state index is 12.3. The topological polar surface area (TPSA) is 69.7 Å². The summed E-state index contributed by atoms with van der Waals surface area (Å²) >= 11 is 0. The summed E-state index contributed by atoms with van der Waals surface area (Å²) < 4.78 is 34.6. The average molecular weight is 334 g/mol. The smallest absolute Gasteiger partial charge is 0.339 e. The molecule has 0 N–H and O–H groups in total. The fourth-order valence-electron chi connectivity index (χ4n) is 2.13. The van der Waals surface area contributed by atoms with E-state index in [1.54, 1.807) is 19.1 Å². The second-order valence-corrected chi connectivity index (χ2v) is 6.65. The normalized spacial score (nSPS) is 11.1. The highest BCUT2D eigenvalue weighted by atomic mass is 32.2. The Kier molecular flexibility index (Phi) is 5.05. The second kappa shape index (κ2) is 6.83. The summed E-state index contributed by atoms with van der Waals surface area (Å²) in [7, 11) is -3.95. The van der Waals surface area contributed by atoms with Gasteiger partial charge in [-0.3, -0.25) is 0 Å². The Morgan fingerprint density at radius 2 is 1.57 bits per heavy atom. The Hall–Kier alpha value is -2.34. The lowest BCUT2D eigenvalue weighted by Gasteiger charge is -2.09. The van der Waals surface area contributed by atoms with Crippen LogP contribution in [-0.2, 0) is 14.9 Å². The Balaban J connectivity index is 2.24. The maximum Gasteiger partial charge on any atom is 0.339 e. The van der Waals surface area contributed by atoms with Crippen LogP contribution in [-0.4, -0.2) is 21.0 Å². The van der Waals surface area contributed by atoms with Crippen molar-refractivity contribution in [2.75, 3.05) is 6.61 Å². The zero-order valence-electron chi connectivity index (χ0n) is 13.2. The van der Waals surface area contributed by atoms with Gasteiger partial charge in [-0.15, -0.1) is 0 Å². The van der Waals surface area contributed by atoms with Gasteiger partial charge < -0.3 is 8.92 Å². The molecular formula is C17H18O5S. The molecule has 6 heteroatoms. The van der Waals surface area contributed by atoms with Crippen LogP contribution in [0.5, 0.6) is 5.75 Å². The number of benzene rings is 2. The van der Waals surface area contributed by atoms with Crippen LogP contribution >= 0.6 is 0 Å². The molecule has 0 bridgehead atoms. The lowest BCUT2D eigenvalue weighted by molar-refractivity contribution is 0.0526. The molecule has 122 valence electrons. The van der Waals surface area contributed by atoms with E-state index < -0.39 is 16.1 Å². The predicted molar refractivity (Wildman–Crippen MR) is 86.1 cm³/mol. The first-order chi connectivity index (χ1) is 10.8. The number of carbonyl (C=O) groups is 1. The van der Waals surface area contributed by atoms with E-state index in [-0.39, 0.29) is 22.8 Å². The molecule has 0 radical (unpaired) electrons. The molecule has 0 atom stereocenters. The van der Waals surface area contributed by atoms with E-state index in [1.807, 2.05) is 19.9 Å². The fourth-order valence-corrected chi connectivity index (χ4v) is 3.04.